The lowest BCUT2D eigenvalue weighted by Gasteiger charge is -2.19. The Morgan fingerprint density at radius 1 is 1.32 bits per heavy atom. The predicted molar refractivity (Wildman–Crippen MR) is 75.3 cm³/mol. The molecule has 5 heteroatoms. The van der Waals surface area contributed by atoms with Gasteiger partial charge in [-0.3, -0.25) is 0 Å². The number of rotatable bonds is 1. The zero-order valence-electron chi connectivity index (χ0n) is 10.5. The standard InChI is InChI=1S/C14H13BrFN3/c1-8-10-4-5-17-7-13(10)19-14(18-8)11-6-9(16)2-3-12(11)15/h2-3,6,17H,4-5,7H2,1H3. The van der Waals surface area contributed by atoms with E-state index in [1.165, 1.54) is 17.7 Å². The van der Waals surface area contributed by atoms with E-state index in [0.717, 1.165) is 35.4 Å². The van der Waals surface area contributed by atoms with Gasteiger partial charge in [-0.25, -0.2) is 14.4 Å². The first-order chi connectivity index (χ1) is 9.15. The second-order valence-electron chi connectivity index (χ2n) is 4.61. The highest BCUT2D eigenvalue weighted by atomic mass is 79.9. The Hall–Kier alpha value is -1.33. The fourth-order valence-electron chi connectivity index (χ4n) is 2.34. The summed E-state index contributed by atoms with van der Waals surface area (Å²) in [5.74, 6) is 0.293. The van der Waals surface area contributed by atoms with E-state index in [1.54, 1.807) is 6.07 Å². The Balaban J connectivity index is 2.15. The molecule has 19 heavy (non-hydrogen) atoms. The second-order valence-corrected chi connectivity index (χ2v) is 5.46. The van der Waals surface area contributed by atoms with Gasteiger partial charge in [0.2, 0.25) is 0 Å². The largest absolute Gasteiger partial charge is 0.311 e. The zero-order chi connectivity index (χ0) is 13.4. The van der Waals surface area contributed by atoms with Gasteiger partial charge in [0.25, 0.3) is 0 Å². The van der Waals surface area contributed by atoms with E-state index in [9.17, 15) is 4.39 Å². The summed E-state index contributed by atoms with van der Waals surface area (Å²) in [7, 11) is 0. The van der Waals surface area contributed by atoms with Crippen LogP contribution in [0.2, 0.25) is 0 Å². The molecule has 1 aliphatic rings. The van der Waals surface area contributed by atoms with Crippen molar-refractivity contribution >= 4 is 15.9 Å². The number of aromatic nitrogens is 2. The SMILES string of the molecule is Cc1nc(-c2cc(F)ccc2Br)nc2c1CCNC2. The van der Waals surface area contributed by atoms with E-state index >= 15 is 0 Å². The molecule has 0 fully saturated rings. The van der Waals surface area contributed by atoms with Crippen molar-refractivity contribution < 1.29 is 4.39 Å². The predicted octanol–water partition coefficient (Wildman–Crippen LogP) is 3.00. The van der Waals surface area contributed by atoms with E-state index < -0.39 is 0 Å². The summed E-state index contributed by atoms with van der Waals surface area (Å²) in [6.07, 6.45) is 0.950. The number of nitrogens with one attached hydrogen (secondary N) is 1. The molecular weight excluding hydrogens is 309 g/mol. The van der Waals surface area contributed by atoms with Crippen molar-refractivity contribution in [3.8, 4) is 11.4 Å². The van der Waals surface area contributed by atoms with Gasteiger partial charge in [-0.15, -0.1) is 0 Å². The summed E-state index contributed by atoms with van der Waals surface area (Å²) >= 11 is 3.43. The number of hydrogen-bond acceptors (Lipinski definition) is 3. The van der Waals surface area contributed by atoms with Crippen molar-refractivity contribution in [3.63, 3.8) is 0 Å². The van der Waals surface area contributed by atoms with Gasteiger partial charge in [0.15, 0.2) is 5.82 Å². The van der Waals surface area contributed by atoms with E-state index in [4.69, 9.17) is 0 Å². The highest BCUT2D eigenvalue weighted by molar-refractivity contribution is 9.10. The first-order valence-corrected chi connectivity index (χ1v) is 6.97. The monoisotopic (exact) mass is 321 g/mol. The summed E-state index contributed by atoms with van der Waals surface area (Å²) in [5.41, 5.74) is 3.91. The summed E-state index contributed by atoms with van der Waals surface area (Å²) < 4.78 is 14.2. The minimum absolute atomic E-state index is 0.282. The van der Waals surface area contributed by atoms with E-state index in [1.807, 2.05) is 6.92 Å². The normalized spacial score (nSPS) is 14.3. The average Bonchev–Trinajstić information content (AvgIpc) is 2.41. The summed E-state index contributed by atoms with van der Waals surface area (Å²) in [5, 5.41) is 3.30. The first kappa shape index (κ1) is 12.7. The van der Waals surface area contributed by atoms with Gasteiger partial charge in [-0.2, -0.15) is 0 Å². The molecule has 0 saturated carbocycles. The molecule has 1 aromatic carbocycles. The third-order valence-corrected chi connectivity index (χ3v) is 4.00. The highest BCUT2D eigenvalue weighted by Gasteiger charge is 2.17. The molecule has 0 spiro atoms. The molecule has 2 heterocycles. The van der Waals surface area contributed by atoms with Crippen LogP contribution in [-0.4, -0.2) is 16.5 Å². The Kier molecular flexibility index (Phi) is 3.33. The molecule has 1 N–H and O–H groups in total. The van der Waals surface area contributed by atoms with Gasteiger partial charge < -0.3 is 5.32 Å². The van der Waals surface area contributed by atoms with Gasteiger partial charge in [0.1, 0.15) is 5.82 Å². The minimum atomic E-state index is -0.282. The molecule has 98 valence electrons. The fraction of sp³-hybridized carbons (Fsp3) is 0.286. The lowest BCUT2D eigenvalue weighted by molar-refractivity contribution is 0.619. The van der Waals surface area contributed by atoms with E-state index in [2.05, 4.69) is 31.2 Å². The quantitative estimate of drug-likeness (QED) is 0.877. The third kappa shape index (κ3) is 2.40. The van der Waals surface area contributed by atoms with Crippen molar-refractivity contribution in [2.24, 2.45) is 0 Å². The Labute approximate surface area is 119 Å². The zero-order valence-corrected chi connectivity index (χ0v) is 12.1. The van der Waals surface area contributed by atoms with Crippen molar-refractivity contribution in [1.82, 2.24) is 15.3 Å². The molecule has 0 saturated heterocycles. The van der Waals surface area contributed by atoms with Crippen LogP contribution >= 0.6 is 15.9 Å². The van der Waals surface area contributed by atoms with Gasteiger partial charge in [0.05, 0.1) is 5.69 Å². The summed E-state index contributed by atoms with van der Waals surface area (Å²) in [4.78, 5) is 9.10. The third-order valence-electron chi connectivity index (χ3n) is 3.31. The van der Waals surface area contributed by atoms with Crippen molar-refractivity contribution in [2.75, 3.05) is 6.54 Å². The summed E-state index contributed by atoms with van der Waals surface area (Å²) in [6.45, 7) is 3.70. The van der Waals surface area contributed by atoms with Gasteiger partial charge in [-0.05, 0) is 43.7 Å². The molecule has 3 rings (SSSR count). The molecule has 0 bridgehead atoms. The number of fused-ring (bicyclic) bond motifs is 1. The second kappa shape index (κ2) is 4.98. The molecule has 0 radical (unpaired) electrons. The van der Waals surface area contributed by atoms with Crippen LogP contribution in [-0.2, 0) is 13.0 Å². The van der Waals surface area contributed by atoms with E-state index in [0.29, 0.717) is 11.4 Å². The molecule has 1 aromatic heterocycles. The van der Waals surface area contributed by atoms with Gasteiger partial charge in [-0.1, -0.05) is 15.9 Å². The van der Waals surface area contributed by atoms with Crippen LogP contribution in [0.15, 0.2) is 22.7 Å². The number of hydrogen-bond donors (Lipinski definition) is 1. The minimum Gasteiger partial charge on any atom is -0.311 e. The molecule has 0 atom stereocenters. The smallest absolute Gasteiger partial charge is 0.160 e. The number of nitrogens with zero attached hydrogens (tertiary/aromatic N) is 2. The lowest BCUT2D eigenvalue weighted by atomic mass is 10.0. The number of benzene rings is 1. The van der Waals surface area contributed by atoms with Crippen LogP contribution in [0.3, 0.4) is 0 Å². The molecule has 2 aromatic rings. The molecule has 1 aliphatic heterocycles. The van der Waals surface area contributed by atoms with Gasteiger partial charge in [0, 0.05) is 22.3 Å². The summed E-state index contributed by atoms with van der Waals surface area (Å²) in [6, 6.07) is 4.56. The Bertz CT molecular complexity index is 643. The van der Waals surface area contributed by atoms with Crippen LogP contribution in [0.5, 0.6) is 0 Å². The highest BCUT2D eigenvalue weighted by Crippen LogP contribution is 2.28. The Morgan fingerprint density at radius 3 is 3.00 bits per heavy atom. The van der Waals surface area contributed by atoms with Crippen LogP contribution in [0, 0.1) is 12.7 Å². The van der Waals surface area contributed by atoms with Crippen LogP contribution < -0.4 is 5.32 Å². The first-order valence-electron chi connectivity index (χ1n) is 6.17. The molecule has 3 nitrogen and oxygen atoms in total. The number of aryl methyl sites for hydroxylation is 1. The van der Waals surface area contributed by atoms with Crippen LogP contribution in [0.1, 0.15) is 17.0 Å². The van der Waals surface area contributed by atoms with Crippen molar-refractivity contribution in [1.29, 1.82) is 0 Å². The van der Waals surface area contributed by atoms with Crippen molar-refractivity contribution in [2.45, 2.75) is 19.9 Å². The maximum absolute atomic E-state index is 13.4. The van der Waals surface area contributed by atoms with Crippen LogP contribution in [0.4, 0.5) is 4.39 Å². The molecule has 0 unspecified atom stereocenters. The van der Waals surface area contributed by atoms with Crippen LogP contribution in [0.25, 0.3) is 11.4 Å². The number of halogens is 2. The average molecular weight is 322 g/mol. The maximum atomic E-state index is 13.4. The molecule has 0 amide bonds. The maximum Gasteiger partial charge on any atom is 0.160 e. The molecule has 0 aliphatic carbocycles. The lowest BCUT2D eigenvalue weighted by Crippen LogP contribution is -2.26. The fourth-order valence-corrected chi connectivity index (χ4v) is 2.76. The van der Waals surface area contributed by atoms with Crippen molar-refractivity contribution in [3.05, 3.63) is 45.4 Å². The van der Waals surface area contributed by atoms with E-state index in [-0.39, 0.29) is 5.82 Å². The Morgan fingerprint density at radius 2 is 2.16 bits per heavy atom. The molecular formula is C14H13BrFN3. The van der Waals surface area contributed by atoms with Gasteiger partial charge >= 0.3 is 0 Å². The topological polar surface area (TPSA) is 37.8 Å².